The Labute approximate surface area is 116 Å². The fourth-order valence-electron chi connectivity index (χ4n) is 1.28. The predicted octanol–water partition coefficient (Wildman–Crippen LogP) is 2.86. The van der Waals surface area contributed by atoms with Crippen molar-refractivity contribution in [3.05, 3.63) is 10.7 Å². The second-order valence-corrected chi connectivity index (χ2v) is 5.55. The van der Waals surface area contributed by atoms with E-state index < -0.39 is 0 Å². The van der Waals surface area contributed by atoms with Crippen LogP contribution in [-0.4, -0.2) is 42.1 Å². The number of nitrogens with one attached hydrogen (secondary N) is 1. The van der Waals surface area contributed by atoms with Crippen LogP contribution in [0.5, 0.6) is 0 Å². The van der Waals surface area contributed by atoms with Crippen molar-refractivity contribution in [2.45, 2.75) is 13.3 Å². The van der Waals surface area contributed by atoms with Gasteiger partial charge in [0.15, 0.2) is 0 Å². The summed E-state index contributed by atoms with van der Waals surface area (Å²) in [6.45, 7) is 4.00. The molecule has 0 fully saturated rings. The maximum absolute atomic E-state index is 4.51. The number of halogens is 1. The second kappa shape index (κ2) is 7.76. The number of aromatic nitrogens is 2. The summed E-state index contributed by atoms with van der Waals surface area (Å²) >= 11 is 5.32. The first-order valence-electron chi connectivity index (χ1n) is 5.65. The Morgan fingerprint density at radius 2 is 2.29 bits per heavy atom. The third kappa shape index (κ3) is 4.71. The average Bonchev–Trinajstić information content (AvgIpc) is 2.35. The van der Waals surface area contributed by atoms with Crippen molar-refractivity contribution in [1.82, 2.24) is 9.97 Å². The Morgan fingerprint density at radius 3 is 2.94 bits per heavy atom. The normalized spacial score (nSPS) is 10.4. The van der Waals surface area contributed by atoms with E-state index in [1.807, 2.05) is 18.8 Å². The first kappa shape index (κ1) is 14.6. The van der Waals surface area contributed by atoms with Gasteiger partial charge in [0.05, 0.1) is 4.47 Å². The van der Waals surface area contributed by atoms with Crippen LogP contribution >= 0.6 is 27.7 Å². The quantitative estimate of drug-likeness (QED) is 0.837. The molecule has 0 atom stereocenters. The predicted molar refractivity (Wildman–Crippen MR) is 80.2 cm³/mol. The molecule has 6 heteroatoms. The topological polar surface area (TPSA) is 41.1 Å². The van der Waals surface area contributed by atoms with E-state index in [4.69, 9.17) is 0 Å². The molecule has 0 aliphatic rings. The van der Waals surface area contributed by atoms with Gasteiger partial charge in [-0.25, -0.2) is 4.98 Å². The molecule has 0 radical (unpaired) electrons. The zero-order valence-electron chi connectivity index (χ0n) is 10.5. The Balaban J connectivity index is 2.74. The fraction of sp³-hybridized carbons (Fsp3) is 0.636. The summed E-state index contributed by atoms with van der Waals surface area (Å²) in [5.41, 5.74) is 0. The third-order valence-corrected chi connectivity index (χ3v) is 3.40. The summed E-state index contributed by atoms with van der Waals surface area (Å²) in [6, 6.07) is 0. The van der Waals surface area contributed by atoms with Gasteiger partial charge in [0.2, 0.25) is 5.95 Å². The lowest BCUT2D eigenvalue weighted by atomic mass is 10.5. The molecule has 0 aliphatic carbocycles. The number of thioether (sulfide) groups is 1. The first-order valence-corrected chi connectivity index (χ1v) is 7.84. The molecule has 0 bridgehead atoms. The Kier molecular flexibility index (Phi) is 6.65. The summed E-state index contributed by atoms with van der Waals surface area (Å²) in [7, 11) is 2.05. The van der Waals surface area contributed by atoms with Crippen molar-refractivity contribution in [3.63, 3.8) is 0 Å². The van der Waals surface area contributed by atoms with Gasteiger partial charge in [-0.15, -0.1) is 0 Å². The smallest absolute Gasteiger partial charge is 0.224 e. The molecule has 1 heterocycles. The molecule has 1 N–H and O–H groups in total. The van der Waals surface area contributed by atoms with Crippen LogP contribution in [0.15, 0.2) is 10.7 Å². The maximum Gasteiger partial charge on any atom is 0.224 e. The first-order chi connectivity index (χ1) is 8.19. The molecular formula is C11H19BrN4S. The Morgan fingerprint density at radius 1 is 1.53 bits per heavy atom. The van der Waals surface area contributed by atoms with Gasteiger partial charge >= 0.3 is 0 Å². The van der Waals surface area contributed by atoms with Crippen molar-refractivity contribution in [3.8, 4) is 0 Å². The van der Waals surface area contributed by atoms with Crippen molar-refractivity contribution >= 4 is 39.5 Å². The standard InChI is InChI=1S/C11H19BrN4S/c1-4-5-13-11-14-8-9(12)10(15-11)16(2)6-7-17-3/h8H,4-7H2,1-3H3,(H,13,14,15). The van der Waals surface area contributed by atoms with E-state index >= 15 is 0 Å². The molecule has 0 amide bonds. The summed E-state index contributed by atoms with van der Waals surface area (Å²) < 4.78 is 0.933. The molecule has 96 valence electrons. The van der Waals surface area contributed by atoms with Crippen molar-refractivity contribution in [2.75, 3.05) is 42.4 Å². The van der Waals surface area contributed by atoms with E-state index in [0.29, 0.717) is 5.95 Å². The number of anilines is 2. The zero-order valence-corrected chi connectivity index (χ0v) is 12.9. The average molecular weight is 319 g/mol. The minimum Gasteiger partial charge on any atom is -0.358 e. The lowest BCUT2D eigenvalue weighted by molar-refractivity contribution is 0.912. The van der Waals surface area contributed by atoms with Gasteiger partial charge in [-0.05, 0) is 28.6 Å². The molecule has 1 rings (SSSR count). The van der Waals surface area contributed by atoms with Gasteiger partial charge in [0, 0.05) is 32.1 Å². The van der Waals surface area contributed by atoms with Crippen LogP contribution in [0.4, 0.5) is 11.8 Å². The Hall–Kier alpha value is -0.490. The minimum absolute atomic E-state index is 0.695. The van der Waals surface area contributed by atoms with E-state index in [-0.39, 0.29) is 0 Å². The lowest BCUT2D eigenvalue weighted by Gasteiger charge is -2.19. The van der Waals surface area contributed by atoms with E-state index in [1.54, 1.807) is 6.20 Å². The molecule has 0 saturated heterocycles. The van der Waals surface area contributed by atoms with Crippen LogP contribution in [0.3, 0.4) is 0 Å². The Bertz CT molecular complexity index is 348. The monoisotopic (exact) mass is 318 g/mol. The fourth-order valence-corrected chi connectivity index (χ4v) is 2.23. The van der Waals surface area contributed by atoms with Gasteiger partial charge in [0.1, 0.15) is 5.82 Å². The molecule has 17 heavy (non-hydrogen) atoms. The highest BCUT2D eigenvalue weighted by atomic mass is 79.9. The number of nitrogens with zero attached hydrogens (tertiary/aromatic N) is 3. The van der Waals surface area contributed by atoms with Crippen LogP contribution < -0.4 is 10.2 Å². The van der Waals surface area contributed by atoms with Gasteiger partial charge in [0.25, 0.3) is 0 Å². The van der Waals surface area contributed by atoms with Crippen molar-refractivity contribution < 1.29 is 0 Å². The highest BCUT2D eigenvalue weighted by Crippen LogP contribution is 2.23. The van der Waals surface area contributed by atoms with Gasteiger partial charge in [-0.2, -0.15) is 16.7 Å². The summed E-state index contributed by atoms with van der Waals surface area (Å²) in [4.78, 5) is 10.9. The molecule has 4 nitrogen and oxygen atoms in total. The highest BCUT2D eigenvalue weighted by Gasteiger charge is 2.09. The van der Waals surface area contributed by atoms with Crippen LogP contribution in [0, 0.1) is 0 Å². The molecule has 0 unspecified atom stereocenters. The largest absolute Gasteiger partial charge is 0.358 e. The summed E-state index contributed by atoms with van der Waals surface area (Å²) in [5.74, 6) is 2.72. The molecule has 0 aliphatic heterocycles. The number of hydrogen-bond acceptors (Lipinski definition) is 5. The van der Waals surface area contributed by atoms with Crippen LogP contribution in [-0.2, 0) is 0 Å². The molecule has 0 saturated carbocycles. The molecule has 1 aromatic rings. The lowest BCUT2D eigenvalue weighted by Crippen LogP contribution is -2.22. The van der Waals surface area contributed by atoms with Crippen molar-refractivity contribution in [1.29, 1.82) is 0 Å². The molecular weight excluding hydrogens is 300 g/mol. The van der Waals surface area contributed by atoms with Gasteiger partial charge in [-0.3, -0.25) is 0 Å². The van der Waals surface area contributed by atoms with E-state index in [0.717, 1.165) is 35.6 Å². The van der Waals surface area contributed by atoms with E-state index in [2.05, 4.69) is 49.3 Å². The number of rotatable bonds is 7. The SMILES string of the molecule is CCCNc1ncc(Br)c(N(C)CCSC)n1. The summed E-state index contributed by atoms with van der Waals surface area (Å²) in [6.07, 6.45) is 4.98. The molecule has 1 aromatic heterocycles. The van der Waals surface area contributed by atoms with Gasteiger partial charge < -0.3 is 10.2 Å². The zero-order chi connectivity index (χ0) is 12.7. The highest BCUT2D eigenvalue weighted by molar-refractivity contribution is 9.10. The van der Waals surface area contributed by atoms with Crippen LogP contribution in [0.2, 0.25) is 0 Å². The van der Waals surface area contributed by atoms with Gasteiger partial charge in [-0.1, -0.05) is 6.92 Å². The number of hydrogen-bond donors (Lipinski definition) is 1. The van der Waals surface area contributed by atoms with Crippen LogP contribution in [0.25, 0.3) is 0 Å². The van der Waals surface area contributed by atoms with E-state index in [9.17, 15) is 0 Å². The van der Waals surface area contributed by atoms with Crippen molar-refractivity contribution in [2.24, 2.45) is 0 Å². The maximum atomic E-state index is 4.51. The minimum atomic E-state index is 0.695. The summed E-state index contributed by atoms with van der Waals surface area (Å²) in [5, 5.41) is 3.20. The third-order valence-electron chi connectivity index (χ3n) is 2.25. The van der Waals surface area contributed by atoms with E-state index in [1.165, 1.54) is 0 Å². The molecule has 0 aromatic carbocycles. The molecule has 0 spiro atoms. The second-order valence-electron chi connectivity index (χ2n) is 3.71. The van der Waals surface area contributed by atoms with Crippen LogP contribution in [0.1, 0.15) is 13.3 Å².